The van der Waals surface area contributed by atoms with E-state index in [0.717, 1.165) is 80.1 Å². The zero-order valence-corrected chi connectivity index (χ0v) is 21.9. The molecule has 3 N–H and O–H groups in total. The molecule has 2 heterocycles. The maximum atomic E-state index is 12.7. The number of amides is 1. The summed E-state index contributed by atoms with van der Waals surface area (Å²) in [4.78, 5) is 17.6. The summed E-state index contributed by atoms with van der Waals surface area (Å²) in [5.74, 6) is -0.338. The van der Waals surface area contributed by atoms with Crippen molar-refractivity contribution in [2.45, 2.75) is 65.0 Å². The number of carbonyl (C=O) groups excluding carboxylic acids is 1. The van der Waals surface area contributed by atoms with Crippen LogP contribution < -0.4 is 20.9 Å². The molecule has 0 saturated carbocycles. The van der Waals surface area contributed by atoms with Crippen LogP contribution in [0.15, 0.2) is 30.3 Å². The van der Waals surface area contributed by atoms with Crippen molar-refractivity contribution in [3.05, 3.63) is 47.0 Å². The Morgan fingerprint density at radius 3 is 2.31 bits per heavy atom. The molecule has 0 atom stereocenters. The van der Waals surface area contributed by atoms with Gasteiger partial charge in [-0.3, -0.25) is 4.79 Å². The second-order valence-electron chi connectivity index (χ2n) is 9.87. The van der Waals surface area contributed by atoms with Crippen LogP contribution in [-0.2, 0) is 11.2 Å². The van der Waals surface area contributed by atoms with Crippen molar-refractivity contribution >= 4 is 17.3 Å². The fraction of sp³-hybridized carbons (Fsp3) is 0.552. The summed E-state index contributed by atoms with van der Waals surface area (Å²) in [7, 11) is 2.05. The van der Waals surface area contributed by atoms with Crippen LogP contribution in [0.5, 0.6) is 0 Å². The monoisotopic (exact) mass is 478 g/mol. The standard InChI is InChI=1S/C29H42N4O2/c1-5-25-26(21-7-9-23(10-8-21)32-15-11-22(31-4)12-16-32)19-27(20(3)28(25)29(30)34)33(6-2)24-13-17-35-18-14-24/h7-10,19,22,24,31H,5-6,11-18H2,1-4H3,(H2,30,34). The molecule has 0 spiro atoms. The number of anilines is 2. The molecule has 6 nitrogen and oxygen atoms in total. The van der Waals surface area contributed by atoms with Crippen LogP contribution in [-0.4, -0.2) is 57.9 Å². The molecular weight excluding hydrogens is 436 g/mol. The third-order valence-corrected chi connectivity index (χ3v) is 8.00. The molecule has 2 aliphatic rings. The molecule has 2 fully saturated rings. The number of primary amides is 1. The van der Waals surface area contributed by atoms with E-state index < -0.39 is 0 Å². The lowest BCUT2D eigenvalue weighted by atomic mass is 9.88. The molecule has 2 saturated heterocycles. The number of nitrogens with zero attached hydrogens (tertiary/aromatic N) is 2. The van der Waals surface area contributed by atoms with Gasteiger partial charge in [0, 0.05) is 61.9 Å². The first-order valence-corrected chi connectivity index (χ1v) is 13.3. The van der Waals surface area contributed by atoms with Crippen molar-refractivity contribution in [3.8, 4) is 11.1 Å². The van der Waals surface area contributed by atoms with E-state index >= 15 is 0 Å². The molecule has 4 rings (SSSR count). The number of hydrogen-bond acceptors (Lipinski definition) is 5. The molecule has 0 radical (unpaired) electrons. The Balaban J connectivity index is 1.72. The largest absolute Gasteiger partial charge is 0.381 e. The van der Waals surface area contributed by atoms with Crippen LogP contribution in [0.4, 0.5) is 11.4 Å². The Morgan fingerprint density at radius 1 is 1.11 bits per heavy atom. The van der Waals surface area contributed by atoms with Crippen molar-refractivity contribution in [1.82, 2.24) is 5.32 Å². The summed E-state index contributed by atoms with van der Waals surface area (Å²) >= 11 is 0. The van der Waals surface area contributed by atoms with Gasteiger partial charge in [0.2, 0.25) is 5.91 Å². The van der Waals surface area contributed by atoms with E-state index in [1.54, 1.807) is 0 Å². The molecule has 1 amide bonds. The molecule has 0 bridgehead atoms. The van der Waals surface area contributed by atoms with E-state index in [4.69, 9.17) is 10.5 Å². The van der Waals surface area contributed by atoms with Crippen molar-refractivity contribution in [2.75, 3.05) is 49.7 Å². The van der Waals surface area contributed by atoms with Gasteiger partial charge in [0.1, 0.15) is 0 Å². The first-order valence-electron chi connectivity index (χ1n) is 13.3. The van der Waals surface area contributed by atoms with Gasteiger partial charge in [0.05, 0.1) is 0 Å². The third kappa shape index (κ3) is 5.34. The quantitative estimate of drug-likeness (QED) is 0.584. The van der Waals surface area contributed by atoms with E-state index in [2.05, 4.69) is 73.3 Å². The number of nitrogens with one attached hydrogen (secondary N) is 1. The second kappa shape index (κ2) is 11.4. The number of hydrogen-bond donors (Lipinski definition) is 2. The number of carbonyl (C=O) groups is 1. The van der Waals surface area contributed by atoms with Crippen LogP contribution in [0, 0.1) is 6.92 Å². The second-order valence-corrected chi connectivity index (χ2v) is 9.87. The summed E-state index contributed by atoms with van der Waals surface area (Å²) in [6.07, 6.45) is 5.10. The number of nitrogens with two attached hydrogens (primary N) is 1. The smallest absolute Gasteiger partial charge is 0.249 e. The van der Waals surface area contributed by atoms with E-state index in [0.29, 0.717) is 17.6 Å². The molecular formula is C29H42N4O2. The molecule has 6 heteroatoms. The first kappa shape index (κ1) is 25.5. The van der Waals surface area contributed by atoms with Gasteiger partial charge < -0.3 is 25.6 Å². The molecule has 190 valence electrons. The number of rotatable bonds is 8. The van der Waals surface area contributed by atoms with E-state index in [-0.39, 0.29) is 5.91 Å². The van der Waals surface area contributed by atoms with Gasteiger partial charge in [-0.25, -0.2) is 0 Å². The van der Waals surface area contributed by atoms with Gasteiger partial charge >= 0.3 is 0 Å². The van der Waals surface area contributed by atoms with E-state index in [9.17, 15) is 4.79 Å². The molecule has 0 unspecified atom stereocenters. The van der Waals surface area contributed by atoms with Gasteiger partial charge in [-0.1, -0.05) is 19.1 Å². The Morgan fingerprint density at radius 2 is 1.77 bits per heavy atom. The lowest BCUT2D eigenvalue weighted by molar-refractivity contribution is 0.0846. The highest BCUT2D eigenvalue weighted by molar-refractivity contribution is 6.00. The maximum absolute atomic E-state index is 12.7. The summed E-state index contributed by atoms with van der Waals surface area (Å²) in [5, 5.41) is 3.41. The van der Waals surface area contributed by atoms with Crippen LogP contribution >= 0.6 is 0 Å². The van der Waals surface area contributed by atoms with Gasteiger partial charge in [0.15, 0.2) is 0 Å². The van der Waals surface area contributed by atoms with Crippen LogP contribution in [0.3, 0.4) is 0 Å². The lowest BCUT2D eigenvalue weighted by Crippen LogP contribution is -2.41. The molecule has 2 aliphatic heterocycles. The molecule has 0 aliphatic carbocycles. The SMILES string of the molecule is CCc1c(-c2ccc(N3CCC(NC)CC3)cc2)cc(N(CC)C2CCOCC2)c(C)c1C(N)=O. The highest BCUT2D eigenvalue weighted by Crippen LogP contribution is 2.38. The Labute approximate surface area is 210 Å². The van der Waals surface area contributed by atoms with Crippen LogP contribution in [0.2, 0.25) is 0 Å². The Bertz CT molecular complexity index is 1010. The van der Waals surface area contributed by atoms with E-state index in [1.165, 1.54) is 18.5 Å². The average molecular weight is 479 g/mol. The minimum atomic E-state index is -0.338. The van der Waals surface area contributed by atoms with Gasteiger partial charge in [-0.05, 0) is 93.5 Å². The van der Waals surface area contributed by atoms with Crippen molar-refractivity contribution < 1.29 is 9.53 Å². The normalized spacial score (nSPS) is 17.5. The predicted octanol–water partition coefficient (Wildman–Crippen LogP) is 4.52. The minimum Gasteiger partial charge on any atom is -0.381 e. The van der Waals surface area contributed by atoms with Crippen LogP contribution in [0.25, 0.3) is 11.1 Å². The Kier molecular flexibility index (Phi) is 8.34. The number of benzene rings is 2. The maximum Gasteiger partial charge on any atom is 0.249 e. The fourth-order valence-corrected chi connectivity index (χ4v) is 5.98. The van der Waals surface area contributed by atoms with Gasteiger partial charge in [-0.2, -0.15) is 0 Å². The summed E-state index contributed by atoms with van der Waals surface area (Å²) in [6.45, 7) is 11.0. The summed E-state index contributed by atoms with van der Waals surface area (Å²) < 4.78 is 5.62. The van der Waals surface area contributed by atoms with Crippen LogP contribution in [0.1, 0.15) is 61.0 Å². The lowest BCUT2D eigenvalue weighted by Gasteiger charge is -2.37. The third-order valence-electron chi connectivity index (χ3n) is 8.00. The molecule has 2 aromatic rings. The predicted molar refractivity (Wildman–Crippen MR) is 146 cm³/mol. The first-order chi connectivity index (χ1) is 17.0. The summed E-state index contributed by atoms with van der Waals surface area (Å²) in [6, 6.07) is 12.2. The highest BCUT2D eigenvalue weighted by Gasteiger charge is 2.26. The zero-order valence-electron chi connectivity index (χ0n) is 21.9. The average Bonchev–Trinajstić information content (AvgIpc) is 2.90. The fourth-order valence-electron chi connectivity index (χ4n) is 5.98. The Hall–Kier alpha value is -2.57. The summed E-state index contributed by atoms with van der Waals surface area (Å²) in [5.41, 5.74) is 13.4. The molecule has 0 aromatic heterocycles. The topological polar surface area (TPSA) is 70.8 Å². The van der Waals surface area contributed by atoms with Crippen molar-refractivity contribution in [1.29, 1.82) is 0 Å². The number of piperidine rings is 1. The minimum absolute atomic E-state index is 0.338. The van der Waals surface area contributed by atoms with E-state index in [1.807, 2.05) is 0 Å². The molecule has 35 heavy (non-hydrogen) atoms. The number of ether oxygens (including phenoxy) is 1. The van der Waals surface area contributed by atoms with Crippen molar-refractivity contribution in [2.24, 2.45) is 5.73 Å². The zero-order chi connectivity index (χ0) is 24.9. The highest BCUT2D eigenvalue weighted by atomic mass is 16.5. The van der Waals surface area contributed by atoms with Gasteiger partial charge in [-0.15, -0.1) is 0 Å². The van der Waals surface area contributed by atoms with Crippen molar-refractivity contribution in [3.63, 3.8) is 0 Å². The van der Waals surface area contributed by atoms with Gasteiger partial charge in [0.25, 0.3) is 0 Å². The molecule has 2 aromatic carbocycles.